The normalized spacial score (nSPS) is 14.7. The van der Waals surface area contributed by atoms with Crippen molar-refractivity contribution in [1.29, 1.82) is 0 Å². The molecule has 2 amide bonds. The van der Waals surface area contributed by atoms with Gasteiger partial charge in [-0.25, -0.2) is 0 Å². The molecule has 0 bridgehead atoms. The topological polar surface area (TPSA) is 77.8 Å². The van der Waals surface area contributed by atoms with Crippen molar-refractivity contribution >= 4 is 34.8 Å². The van der Waals surface area contributed by atoms with Gasteiger partial charge in [0.05, 0.1) is 17.6 Å². The van der Waals surface area contributed by atoms with Crippen LogP contribution in [-0.2, 0) is 4.79 Å². The molecule has 3 rings (SSSR count). The van der Waals surface area contributed by atoms with Crippen molar-refractivity contribution in [3.8, 4) is 0 Å². The first-order chi connectivity index (χ1) is 13.6. The molecule has 0 aliphatic carbocycles. The molecule has 1 aromatic carbocycles. The molecule has 1 aliphatic rings. The first-order valence-corrected chi connectivity index (χ1v) is 9.83. The van der Waals surface area contributed by atoms with Gasteiger partial charge in [-0.05, 0) is 36.9 Å². The number of hydrogen-bond donors (Lipinski definition) is 2. The van der Waals surface area contributed by atoms with Crippen LogP contribution in [0.3, 0.4) is 0 Å². The van der Waals surface area contributed by atoms with Gasteiger partial charge in [0.1, 0.15) is 0 Å². The predicted molar refractivity (Wildman–Crippen MR) is 110 cm³/mol. The lowest BCUT2D eigenvalue weighted by atomic mass is 10.2. The summed E-state index contributed by atoms with van der Waals surface area (Å²) in [6, 6.07) is 8.76. The maximum atomic E-state index is 12.4. The summed E-state index contributed by atoms with van der Waals surface area (Å²) in [4.78, 5) is 28.9. The summed E-state index contributed by atoms with van der Waals surface area (Å²) < 4.78 is 5.02. The maximum absolute atomic E-state index is 12.4. The van der Waals surface area contributed by atoms with Gasteiger partial charge >= 0.3 is 0 Å². The number of benzene rings is 1. The molecular formula is C20H25ClN4O3. The van der Waals surface area contributed by atoms with E-state index in [1.165, 1.54) is 6.26 Å². The van der Waals surface area contributed by atoms with Gasteiger partial charge in [0.2, 0.25) is 5.91 Å². The first kappa shape index (κ1) is 20.2. The summed E-state index contributed by atoms with van der Waals surface area (Å²) in [5, 5.41) is 6.16. The highest BCUT2D eigenvalue weighted by Gasteiger charge is 2.19. The second kappa shape index (κ2) is 9.61. The van der Waals surface area contributed by atoms with Crippen LogP contribution in [0.15, 0.2) is 41.0 Å². The summed E-state index contributed by atoms with van der Waals surface area (Å²) >= 11 is 6.14. The van der Waals surface area contributed by atoms with Gasteiger partial charge in [0.25, 0.3) is 5.91 Å². The average Bonchev–Trinajstić information content (AvgIpc) is 3.23. The van der Waals surface area contributed by atoms with Gasteiger partial charge in [-0.1, -0.05) is 18.5 Å². The number of rotatable bonds is 7. The molecular weight excluding hydrogens is 380 g/mol. The number of amides is 2. The fourth-order valence-electron chi connectivity index (χ4n) is 3.19. The van der Waals surface area contributed by atoms with Gasteiger partial charge in [0, 0.05) is 44.2 Å². The van der Waals surface area contributed by atoms with E-state index in [2.05, 4.69) is 27.4 Å². The summed E-state index contributed by atoms with van der Waals surface area (Å²) in [5.74, 6) is -0.297. The lowest BCUT2D eigenvalue weighted by molar-refractivity contribution is -0.116. The Bertz CT molecular complexity index is 802. The Morgan fingerprint density at radius 3 is 2.64 bits per heavy atom. The number of piperazine rings is 1. The second-order valence-electron chi connectivity index (χ2n) is 6.61. The third-order valence-corrected chi connectivity index (χ3v) is 5.01. The molecule has 0 radical (unpaired) electrons. The predicted octanol–water partition coefficient (Wildman–Crippen LogP) is 2.83. The molecule has 28 heavy (non-hydrogen) atoms. The highest BCUT2D eigenvalue weighted by atomic mass is 35.5. The number of anilines is 2. The summed E-state index contributed by atoms with van der Waals surface area (Å²) in [6.07, 6.45) is 1.59. The van der Waals surface area contributed by atoms with Gasteiger partial charge in [-0.15, -0.1) is 0 Å². The summed E-state index contributed by atoms with van der Waals surface area (Å²) in [5.41, 5.74) is 1.66. The molecule has 8 heteroatoms. The molecule has 0 atom stereocenters. The molecule has 0 saturated carbocycles. The Morgan fingerprint density at radius 2 is 1.96 bits per heavy atom. The minimum Gasteiger partial charge on any atom is -0.459 e. The van der Waals surface area contributed by atoms with Crippen molar-refractivity contribution in [2.45, 2.75) is 13.3 Å². The Hall–Kier alpha value is -2.51. The van der Waals surface area contributed by atoms with Crippen molar-refractivity contribution in [1.82, 2.24) is 10.2 Å². The van der Waals surface area contributed by atoms with Gasteiger partial charge in [-0.3, -0.25) is 9.59 Å². The molecule has 1 saturated heterocycles. The number of carbonyl (C=O) groups excluding carboxylic acids is 2. The number of halogens is 1. The van der Waals surface area contributed by atoms with Crippen molar-refractivity contribution in [2.75, 3.05) is 49.5 Å². The van der Waals surface area contributed by atoms with Gasteiger partial charge in [0.15, 0.2) is 5.76 Å². The Labute approximate surface area is 169 Å². The van der Waals surface area contributed by atoms with Crippen LogP contribution in [0.25, 0.3) is 0 Å². The van der Waals surface area contributed by atoms with Crippen LogP contribution in [0.5, 0.6) is 0 Å². The number of hydrogen-bond acceptors (Lipinski definition) is 5. The smallest absolute Gasteiger partial charge is 0.286 e. The van der Waals surface area contributed by atoms with E-state index < -0.39 is 0 Å². The van der Waals surface area contributed by atoms with Crippen LogP contribution in [0, 0.1) is 0 Å². The van der Waals surface area contributed by atoms with Crippen LogP contribution in [0.1, 0.15) is 23.9 Å². The molecule has 2 heterocycles. The van der Waals surface area contributed by atoms with Crippen molar-refractivity contribution in [3.05, 3.63) is 47.4 Å². The fraction of sp³-hybridized carbons (Fsp3) is 0.400. The van der Waals surface area contributed by atoms with E-state index in [0.717, 1.165) is 38.4 Å². The number of likely N-dealkylation sites (N-methyl/N-ethyl adjacent to an activating group) is 1. The summed E-state index contributed by atoms with van der Waals surface area (Å²) in [6.45, 7) is 7.21. The molecule has 1 aromatic heterocycles. The standard InChI is InChI=1S/C20H25ClN4O3/c1-2-24-9-11-25(12-10-24)17-6-5-15(21)14-16(17)23-19(26)7-8-22-20(27)18-4-3-13-28-18/h3-6,13-14H,2,7-12H2,1H3,(H,22,27)(H,23,26). The molecule has 150 valence electrons. The molecule has 7 nitrogen and oxygen atoms in total. The zero-order valence-electron chi connectivity index (χ0n) is 15.9. The lowest BCUT2D eigenvalue weighted by Gasteiger charge is -2.36. The Morgan fingerprint density at radius 1 is 1.18 bits per heavy atom. The van der Waals surface area contributed by atoms with Crippen LogP contribution >= 0.6 is 11.6 Å². The average molecular weight is 405 g/mol. The molecule has 0 spiro atoms. The Balaban J connectivity index is 1.56. The van der Waals surface area contributed by atoms with Crippen LogP contribution in [0.2, 0.25) is 5.02 Å². The van der Waals surface area contributed by atoms with E-state index >= 15 is 0 Å². The second-order valence-corrected chi connectivity index (χ2v) is 7.05. The Kier molecular flexibility index (Phi) is 6.95. The SMILES string of the molecule is CCN1CCN(c2ccc(Cl)cc2NC(=O)CCNC(=O)c2ccco2)CC1. The summed E-state index contributed by atoms with van der Waals surface area (Å²) in [7, 11) is 0. The quantitative estimate of drug-likeness (QED) is 0.742. The number of nitrogens with zero attached hydrogens (tertiary/aromatic N) is 2. The van der Waals surface area contributed by atoms with E-state index in [0.29, 0.717) is 10.7 Å². The van der Waals surface area contributed by atoms with Crippen molar-refractivity contribution in [3.63, 3.8) is 0 Å². The third kappa shape index (κ3) is 5.27. The number of nitrogens with one attached hydrogen (secondary N) is 2. The first-order valence-electron chi connectivity index (χ1n) is 9.45. The zero-order valence-corrected chi connectivity index (χ0v) is 16.7. The highest BCUT2D eigenvalue weighted by molar-refractivity contribution is 6.31. The molecule has 1 aliphatic heterocycles. The monoisotopic (exact) mass is 404 g/mol. The van der Waals surface area contributed by atoms with Crippen LogP contribution in [-0.4, -0.2) is 56.0 Å². The van der Waals surface area contributed by atoms with E-state index in [-0.39, 0.29) is 30.5 Å². The van der Waals surface area contributed by atoms with Crippen LogP contribution in [0.4, 0.5) is 11.4 Å². The molecule has 0 unspecified atom stereocenters. The van der Waals surface area contributed by atoms with E-state index in [1.54, 1.807) is 18.2 Å². The molecule has 2 N–H and O–H groups in total. The lowest BCUT2D eigenvalue weighted by Crippen LogP contribution is -2.46. The third-order valence-electron chi connectivity index (χ3n) is 4.78. The van der Waals surface area contributed by atoms with E-state index in [4.69, 9.17) is 16.0 Å². The van der Waals surface area contributed by atoms with Crippen molar-refractivity contribution in [2.24, 2.45) is 0 Å². The minimum atomic E-state index is -0.338. The maximum Gasteiger partial charge on any atom is 0.286 e. The zero-order chi connectivity index (χ0) is 19.9. The number of furan rings is 1. The van der Waals surface area contributed by atoms with E-state index in [9.17, 15) is 9.59 Å². The largest absolute Gasteiger partial charge is 0.459 e. The van der Waals surface area contributed by atoms with Crippen molar-refractivity contribution < 1.29 is 14.0 Å². The van der Waals surface area contributed by atoms with Gasteiger partial charge < -0.3 is 24.9 Å². The van der Waals surface area contributed by atoms with E-state index in [1.807, 2.05) is 12.1 Å². The number of carbonyl (C=O) groups is 2. The van der Waals surface area contributed by atoms with Gasteiger partial charge in [-0.2, -0.15) is 0 Å². The molecule has 1 fully saturated rings. The highest BCUT2D eigenvalue weighted by Crippen LogP contribution is 2.30. The minimum absolute atomic E-state index is 0.155. The van der Waals surface area contributed by atoms with Crippen LogP contribution < -0.4 is 15.5 Å². The fourth-order valence-corrected chi connectivity index (χ4v) is 3.36. The molecule has 2 aromatic rings.